The summed E-state index contributed by atoms with van der Waals surface area (Å²) in [7, 11) is 0. The Balaban J connectivity index is 1.87. The fourth-order valence-electron chi connectivity index (χ4n) is 2.41. The summed E-state index contributed by atoms with van der Waals surface area (Å²) in [6, 6.07) is 17.3. The Bertz CT molecular complexity index is 559. The average molecular weight is 378 g/mol. The zero-order valence-electron chi connectivity index (χ0n) is 13.5. The lowest BCUT2D eigenvalue weighted by Gasteiger charge is -2.19. The van der Waals surface area contributed by atoms with Gasteiger partial charge in [-0.05, 0) is 29.8 Å². The van der Waals surface area contributed by atoms with Crippen molar-refractivity contribution in [2.24, 2.45) is 0 Å². The van der Waals surface area contributed by atoms with Crippen LogP contribution in [0, 0.1) is 0 Å². The van der Waals surface area contributed by atoms with Crippen LogP contribution in [0.25, 0.3) is 0 Å². The van der Waals surface area contributed by atoms with Crippen molar-refractivity contribution in [2.75, 3.05) is 31.6 Å². The molecule has 2 rings (SSSR count). The Morgan fingerprint density at radius 2 is 1.65 bits per heavy atom. The molecule has 0 fully saturated rings. The molecule has 0 radical (unpaired) electrons. The number of halogens is 1. The van der Waals surface area contributed by atoms with E-state index in [0.29, 0.717) is 6.61 Å². The van der Waals surface area contributed by atoms with E-state index in [4.69, 9.17) is 4.74 Å². The molecular formula is C19H24BrNO2. The van der Waals surface area contributed by atoms with E-state index in [9.17, 15) is 5.11 Å². The third kappa shape index (κ3) is 5.65. The van der Waals surface area contributed by atoms with Gasteiger partial charge in [-0.15, -0.1) is 0 Å². The van der Waals surface area contributed by atoms with Gasteiger partial charge in [0.1, 0.15) is 18.5 Å². The Hall–Kier alpha value is -1.36. The van der Waals surface area contributed by atoms with E-state index in [-0.39, 0.29) is 0 Å². The summed E-state index contributed by atoms with van der Waals surface area (Å²) < 4.78 is 5.79. The molecule has 0 saturated carbocycles. The predicted molar refractivity (Wildman–Crippen MR) is 98.3 cm³/mol. The van der Waals surface area contributed by atoms with Crippen LogP contribution in [0.5, 0.6) is 5.75 Å². The molecule has 4 heteroatoms. The lowest BCUT2D eigenvalue weighted by atomic mass is 10.0. The number of nitrogens with zero attached hydrogens (tertiary/aromatic N) is 1. The third-order valence-electron chi connectivity index (χ3n) is 3.84. The average Bonchev–Trinajstić information content (AvgIpc) is 2.61. The van der Waals surface area contributed by atoms with Crippen molar-refractivity contribution in [1.82, 2.24) is 4.90 Å². The highest BCUT2D eigenvalue weighted by molar-refractivity contribution is 9.09. The van der Waals surface area contributed by atoms with Gasteiger partial charge in [0.05, 0.1) is 0 Å². The highest BCUT2D eigenvalue weighted by Crippen LogP contribution is 2.23. The van der Waals surface area contributed by atoms with Crippen LogP contribution in [0.1, 0.15) is 24.2 Å². The number of alkyl halides is 1. The van der Waals surface area contributed by atoms with Crippen molar-refractivity contribution in [3.63, 3.8) is 0 Å². The topological polar surface area (TPSA) is 32.7 Å². The molecule has 2 aromatic carbocycles. The van der Waals surface area contributed by atoms with Crippen LogP contribution in [-0.4, -0.2) is 41.6 Å². The smallest absolute Gasteiger partial charge is 0.119 e. The minimum absolute atomic E-state index is 0.597. The normalized spacial score (nSPS) is 12.3. The molecule has 0 aromatic heterocycles. The number of ether oxygens (including phenoxy) is 1. The minimum atomic E-state index is -0.597. The zero-order chi connectivity index (χ0) is 16.5. The van der Waals surface area contributed by atoms with Gasteiger partial charge in [-0.1, -0.05) is 65.3 Å². The summed E-state index contributed by atoms with van der Waals surface area (Å²) in [5.41, 5.74) is 1.77. The second kappa shape index (κ2) is 9.71. The van der Waals surface area contributed by atoms with Crippen molar-refractivity contribution in [3.8, 4) is 5.75 Å². The van der Waals surface area contributed by atoms with E-state index in [2.05, 4.69) is 27.8 Å². The first-order valence-electron chi connectivity index (χ1n) is 7.98. The molecule has 2 aromatic rings. The largest absolute Gasteiger partial charge is 0.492 e. The quantitative estimate of drug-likeness (QED) is 0.673. The van der Waals surface area contributed by atoms with Gasteiger partial charge in [0.25, 0.3) is 0 Å². The molecule has 0 aliphatic rings. The summed E-state index contributed by atoms with van der Waals surface area (Å²) in [5.74, 6) is 0.837. The standard InChI is InChI=1S/C19H24BrNO2/c1-2-21(13-12-20)14-15-23-18-10-8-17(9-11-18)19(22)16-6-4-3-5-7-16/h3-11,19,22H,2,12-15H2,1H3. The van der Waals surface area contributed by atoms with E-state index in [1.54, 1.807) is 0 Å². The number of likely N-dealkylation sites (N-methyl/N-ethyl adjacent to an activating group) is 1. The number of hydrogen-bond donors (Lipinski definition) is 1. The first-order valence-corrected chi connectivity index (χ1v) is 9.10. The minimum Gasteiger partial charge on any atom is -0.492 e. The highest BCUT2D eigenvalue weighted by atomic mass is 79.9. The Morgan fingerprint density at radius 1 is 1.00 bits per heavy atom. The molecule has 1 N–H and O–H groups in total. The summed E-state index contributed by atoms with van der Waals surface area (Å²) in [6.45, 7) is 5.79. The molecule has 0 spiro atoms. The highest BCUT2D eigenvalue weighted by Gasteiger charge is 2.09. The monoisotopic (exact) mass is 377 g/mol. The molecule has 124 valence electrons. The Labute approximate surface area is 147 Å². The predicted octanol–water partition coefficient (Wildman–Crippen LogP) is 3.86. The van der Waals surface area contributed by atoms with Crippen LogP contribution in [0.3, 0.4) is 0 Å². The van der Waals surface area contributed by atoms with Gasteiger partial charge >= 0.3 is 0 Å². The van der Waals surface area contributed by atoms with Crippen LogP contribution in [-0.2, 0) is 0 Å². The van der Waals surface area contributed by atoms with Crippen LogP contribution in [0.15, 0.2) is 54.6 Å². The lowest BCUT2D eigenvalue weighted by Crippen LogP contribution is -2.29. The molecule has 0 amide bonds. The van der Waals surface area contributed by atoms with Crippen LogP contribution in [0.2, 0.25) is 0 Å². The van der Waals surface area contributed by atoms with Crippen LogP contribution >= 0.6 is 15.9 Å². The molecular weight excluding hydrogens is 354 g/mol. The fraction of sp³-hybridized carbons (Fsp3) is 0.368. The van der Waals surface area contributed by atoms with Crippen molar-refractivity contribution in [2.45, 2.75) is 13.0 Å². The van der Waals surface area contributed by atoms with Crippen LogP contribution in [0.4, 0.5) is 0 Å². The molecule has 0 aliphatic carbocycles. The van der Waals surface area contributed by atoms with Crippen molar-refractivity contribution >= 4 is 15.9 Å². The number of hydrogen-bond acceptors (Lipinski definition) is 3. The van der Waals surface area contributed by atoms with E-state index in [1.807, 2.05) is 54.6 Å². The van der Waals surface area contributed by atoms with E-state index in [0.717, 1.165) is 41.8 Å². The number of aliphatic hydroxyl groups is 1. The number of aliphatic hydroxyl groups excluding tert-OH is 1. The van der Waals surface area contributed by atoms with Gasteiger partial charge < -0.3 is 9.84 Å². The SMILES string of the molecule is CCN(CCBr)CCOc1ccc(C(O)c2ccccc2)cc1. The molecule has 0 bridgehead atoms. The van der Waals surface area contributed by atoms with E-state index in [1.165, 1.54) is 0 Å². The molecule has 0 aliphatic heterocycles. The number of benzene rings is 2. The van der Waals surface area contributed by atoms with Crippen LogP contribution < -0.4 is 4.74 Å². The van der Waals surface area contributed by atoms with Crippen molar-refractivity contribution in [1.29, 1.82) is 0 Å². The van der Waals surface area contributed by atoms with Gasteiger partial charge in [-0.25, -0.2) is 0 Å². The second-order valence-electron chi connectivity index (χ2n) is 5.35. The second-order valence-corrected chi connectivity index (χ2v) is 6.15. The van der Waals surface area contributed by atoms with Gasteiger partial charge in [-0.2, -0.15) is 0 Å². The number of rotatable bonds is 9. The molecule has 0 heterocycles. The summed E-state index contributed by atoms with van der Waals surface area (Å²) in [5, 5.41) is 11.3. The maximum absolute atomic E-state index is 10.4. The van der Waals surface area contributed by atoms with E-state index >= 15 is 0 Å². The molecule has 1 atom stereocenters. The first-order chi connectivity index (χ1) is 11.2. The first kappa shape index (κ1) is 18.0. The molecule has 23 heavy (non-hydrogen) atoms. The summed E-state index contributed by atoms with van der Waals surface area (Å²) in [4.78, 5) is 2.34. The third-order valence-corrected chi connectivity index (χ3v) is 4.19. The lowest BCUT2D eigenvalue weighted by molar-refractivity contribution is 0.218. The Morgan fingerprint density at radius 3 is 2.26 bits per heavy atom. The maximum Gasteiger partial charge on any atom is 0.119 e. The van der Waals surface area contributed by atoms with Crippen molar-refractivity contribution < 1.29 is 9.84 Å². The molecule has 3 nitrogen and oxygen atoms in total. The zero-order valence-corrected chi connectivity index (χ0v) is 15.1. The summed E-state index contributed by atoms with van der Waals surface area (Å²) in [6.07, 6.45) is -0.597. The van der Waals surface area contributed by atoms with E-state index < -0.39 is 6.10 Å². The molecule has 1 unspecified atom stereocenters. The summed E-state index contributed by atoms with van der Waals surface area (Å²) >= 11 is 3.46. The van der Waals surface area contributed by atoms with Gasteiger partial charge in [-0.3, -0.25) is 4.90 Å². The van der Waals surface area contributed by atoms with Gasteiger partial charge in [0, 0.05) is 18.4 Å². The Kier molecular flexibility index (Phi) is 7.59. The fourth-order valence-corrected chi connectivity index (χ4v) is 2.92. The molecule has 0 saturated heterocycles. The van der Waals surface area contributed by atoms with Gasteiger partial charge in [0.2, 0.25) is 0 Å². The maximum atomic E-state index is 10.4. The van der Waals surface area contributed by atoms with Crippen molar-refractivity contribution in [3.05, 3.63) is 65.7 Å². The van der Waals surface area contributed by atoms with Gasteiger partial charge in [0.15, 0.2) is 0 Å².